The summed E-state index contributed by atoms with van der Waals surface area (Å²) >= 11 is 0. The van der Waals surface area contributed by atoms with Gasteiger partial charge in [0.05, 0.1) is 18.0 Å². The summed E-state index contributed by atoms with van der Waals surface area (Å²) in [4.78, 5) is 25.2. The molecule has 164 valence electrons. The summed E-state index contributed by atoms with van der Waals surface area (Å²) in [5.41, 5.74) is 1.74. The third-order valence-electron chi connectivity index (χ3n) is 4.55. The zero-order valence-corrected chi connectivity index (χ0v) is 18.1. The van der Waals surface area contributed by atoms with Crippen molar-refractivity contribution in [1.82, 2.24) is 0 Å². The van der Waals surface area contributed by atoms with Crippen molar-refractivity contribution in [3.63, 3.8) is 0 Å². The van der Waals surface area contributed by atoms with Gasteiger partial charge in [0, 0.05) is 17.8 Å². The van der Waals surface area contributed by atoms with Gasteiger partial charge in [0.1, 0.15) is 11.8 Å². The van der Waals surface area contributed by atoms with Crippen LogP contribution in [-0.4, -0.2) is 44.4 Å². The quantitative estimate of drug-likeness (QED) is 0.605. The molecule has 2 aromatic rings. The first-order chi connectivity index (χ1) is 14.8. The number of anilines is 3. The Labute approximate surface area is 181 Å². The lowest BCUT2D eigenvalue weighted by atomic mass is 10.1. The van der Waals surface area contributed by atoms with E-state index in [0.29, 0.717) is 17.1 Å². The molecule has 0 aliphatic carbocycles. The number of amides is 1. The molecule has 1 aliphatic heterocycles. The molecule has 0 saturated carbocycles. The molecule has 0 saturated heterocycles. The second-order valence-electron chi connectivity index (χ2n) is 6.74. The van der Waals surface area contributed by atoms with Crippen molar-refractivity contribution in [1.29, 1.82) is 0 Å². The summed E-state index contributed by atoms with van der Waals surface area (Å²) in [6.07, 6.45) is 0.105. The lowest BCUT2D eigenvalue weighted by Crippen LogP contribution is -2.38. The SMILES string of the molecule is CCOC(=O)C1=NN(c2ccccc2)[C@H](C(=O)Nc2ccc(NS(=O)(=O)CC)cc2)C1. The van der Waals surface area contributed by atoms with Gasteiger partial charge in [0.2, 0.25) is 15.9 Å². The summed E-state index contributed by atoms with van der Waals surface area (Å²) in [7, 11) is -3.38. The highest BCUT2D eigenvalue weighted by Gasteiger charge is 2.36. The highest BCUT2D eigenvalue weighted by atomic mass is 32.2. The first-order valence-electron chi connectivity index (χ1n) is 9.83. The van der Waals surface area contributed by atoms with E-state index in [1.807, 2.05) is 18.2 Å². The van der Waals surface area contributed by atoms with Crippen LogP contribution in [0.15, 0.2) is 59.7 Å². The van der Waals surface area contributed by atoms with Crippen LogP contribution in [0.2, 0.25) is 0 Å². The Hall–Kier alpha value is -3.40. The molecule has 1 aliphatic rings. The van der Waals surface area contributed by atoms with E-state index in [0.717, 1.165) is 0 Å². The van der Waals surface area contributed by atoms with Gasteiger partial charge in [-0.1, -0.05) is 18.2 Å². The number of ether oxygens (including phenoxy) is 1. The van der Waals surface area contributed by atoms with E-state index < -0.39 is 22.0 Å². The Balaban J connectivity index is 1.75. The highest BCUT2D eigenvalue weighted by molar-refractivity contribution is 7.92. The molecule has 0 radical (unpaired) electrons. The predicted octanol–water partition coefficient (Wildman–Crippen LogP) is 2.58. The monoisotopic (exact) mass is 444 g/mol. The molecule has 0 spiro atoms. The van der Waals surface area contributed by atoms with Crippen molar-refractivity contribution < 1.29 is 22.7 Å². The van der Waals surface area contributed by atoms with Crippen LogP contribution in [0.1, 0.15) is 20.3 Å². The average Bonchev–Trinajstić information content (AvgIpc) is 3.22. The zero-order valence-electron chi connectivity index (χ0n) is 17.2. The maximum atomic E-state index is 13.0. The molecule has 0 unspecified atom stereocenters. The van der Waals surface area contributed by atoms with E-state index in [9.17, 15) is 18.0 Å². The maximum absolute atomic E-state index is 13.0. The fourth-order valence-electron chi connectivity index (χ4n) is 2.97. The van der Waals surface area contributed by atoms with Gasteiger partial charge in [-0.25, -0.2) is 13.2 Å². The number of hydrazone groups is 1. The first-order valence-corrected chi connectivity index (χ1v) is 11.5. The number of para-hydroxylation sites is 1. The summed E-state index contributed by atoms with van der Waals surface area (Å²) in [6.45, 7) is 3.47. The smallest absolute Gasteiger partial charge is 0.354 e. The number of carbonyl (C=O) groups is 2. The number of nitrogens with one attached hydrogen (secondary N) is 2. The number of esters is 1. The van der Waals surface area contributed by atoms with E-state index in [-0.39, 0.29) is 30.4 Å². The van der Waals surface area contributed by atoms with E-state index in [1.54, 1.807) is 50.2 Å². The van der Waals surface area contributed by atoms with Crippen molar-refractivity contribution >= 4 is 44.7 Å². The minimum absolute atomic E-state index is 0.0364. The van der Waals surface area contributed by atoms with Gasteiger partial charge in [-0.3, -0.25) is 14.5 Å². The number of hydrogen-bond acceptors (Lipinski definition) is 7. The van der Waals surface area contributed by atoms with Gasteiger partial charge in [-0.15, -0.1) is 0 Å². The zero-order chi connectivity index (χ0) is 22.4. The molecule has 31 heavy (non-hydrogen) atoms. The van der Waals surface area contributed by atoms with Crippen LogP contribution in [0.25, 0.3) is 0 Å². The molecule has 0 fully saturated rings. The van der Waals surface area contributed by atoms with Crippen LogP contribution >= 0.6 is 0 Å². The van der Waals surface area contributed by atoms with Gasteiger partial charge >= 0.3 is 5.97 Å². The molecule has 9 nitrogen and oxygen atoms in total. The van der Waals surface area contributed by atoms with E-state index >= 15 is 0 Å². The Morgan fingerprint density at radius 1 is 1.06 bits per heavy atom. The van der Waals surface area contributed by atoms with Gasteiger partial charge in [-0.2, -0.15) is 5.10 Å². The second kappa shape index (κ2) is 9.61. The minimum Gasteiger partial charge on any atom is -0.461 e. The summed E-state index contributed by atoms with van der Waals surface area (Å²) < 4.78 is 30.8. The van der Waals surface area contributed by atoms with E-state index in [4.69, 9.17) is 4.74 Å². The number of hydrogen-bond donors (Lipinski definition) is 2. The number of benzene rings is 2. The topological polar surface area (TPSA) is 117 Å². The van der Waals surface area contributed by atoms with Crippen LogP contribution in [0, 0.1) is 0 Å². The lowest BCUT2D eigenvalue weighted by Gasteiger charge is -2.22. The molecular formula is C21H24N4O5S. The Morgan fingerprint density at radius 3 is 2.32 bits per heavy atom. The molecule has 1 atom stereocenters. The molecule has 0 bridgehead atoms. The minimum atomic E-state index is -3.38. The van der Waals surface area contributed by atoms with Crippen LogP contribution < -0.4 is 15.0 Å². The predicted molar refractivity (Wildman–Crippen MR) is 120 cm³/mol. The molecule has 2 aromatic carbocycles. The lowest BCUT2D eigenvalue weighted by molar-refractivity contribution is -0.135. The van der Waals surface area contributed by atoms with E-state index in [2.05, 4.69) is 15.1 Å². The van der Waals surface area contributed by atoms with Crippen LogP contribution in [0.3, 0.4) is 0 Å². The van der Waals surface area contributed by atoms with Crippen molar-refractivity contribution in [3.8, 4) is 0 Å². The van der Waals surface area contributed by atoms with Crippen LogP contribution in [-0.2, 0) is 24.3 Å². The van der Waals surface area contributed by atoms with Crippen LogP contribution in [0.5, 0.6) is 0 Å². The number of sulfonamides is 1. The maximum Gasteiger partial charge on any atom is 0.354 e. The van der Waals surface area contributed by atoms with Crippen molar-refractivity contribution in [2.45, 2.75) is 26.3 Å². The second-order valence-corrected chi connectivity index (χ2v) is 8.75. The third kappa shape index (κ3) is 5.60. The van der Waals surface area contributed by atoms with E-state index in [1.165, 1.54) is 5.01 Å². The normalized spacial score (nSPS) is 15.9. The molecule has 1 heterocycles. The largest absolute Gasteiger partial charge is 0.461 e. The van der Waals surface area contributed by atoms with Crippen LogP contribution in [0.4, 0.5) is 17.1 Å². The molecule has 10 heteroatoms. The summed E-state index contributed by atoms with van der Waals surface area (Å²) in [6, 6.07) is 14.7. The molecule has 0 aromatic heterocycles. The standard InChI is InChI=1S/C21H24N4O5S/c1-3-30-21(27)18-14-19(25(23-18)17-8-6-5-7-9-17)20(26)22-15-10-12-16(13-11-15)24-31(28,29)4-2/h5-13,19,24H,3-4,14H2,1-2H3,(H,22,26)/t19-/m0/s1. The fraction of sp³-hybridized carbons (Fsp3) is 0.286. The van der Waals surface area contributed by atoms with Gasteiger partial charge in [-0.05, 0) is 50.2 Å². The fourth-order valence-corrected chi connectivity index (χ4v) is 3.61. The molecule has 3 rings (SSSR count). The number of rotatable bonds is 8. The van der Waals surface area contributed by atoms with Crippen molar-refractivity contribution in [3.05, 3.63) is 54.6 Å². The van der Waals surface area contributed by atoms with Crippen molar-refractivity contribution in [2.24, 2.45) is 5.10 Å². The first kappa shape index (κ1) is 22.3. The van der Waals surface area contributed by atoms with Gasteiger partial charge in [0.25, 0.3) is 0 Å². The Kier molecular flexibility index (Phi) is 6.91. The molecule has 2 N–H and O–H groups in total. The third-order valence-corrected chi connectivity index (χ3v) is 5.86. The average molecular weight is 445 g/mol. The summed E-state index contributed by atoms with van der Waals surface area (Å²) in [5, 5.41) is 8.62. The molecular weight excluding hydrogens is 420 g/mol. The Morgan fingerprint density at radius 2 is 1.71 bits per heavy atom. The summed E-state index contributed by atoms with van der Waals surface area (Å²) in [5.74, 6) is -0.939. The van der Waals surface area contributed by atoms with Gasteiger partial charge in [0.15, 0.2) is 0 Å². The molecule has 1 amide bonds. The van der Waals surface area contributed by atoms with Crippen molar-refractivity contribution in [2.75, 3.05) is 27.4 Å². The highest BCUT2D eigenvalue weighted by Crippen LogP contribution is 2.26. The van der Waals surface area contributed by atoms with Gasteiger partial charge < -0.3 is 10.1 Å². The number of carbonyl (C=O) groups excluding carboxylic acids is 2. The number of nitrogens with zero attached hydrogens (tertiary/aromatic N) is 2. The Bertz CT molecular complexity index is 1070.